The van der Waals surface area contributed by atoms with Crippen LogP contribution >= 0.6 is 0 Å². The Labute approximate surface area is 184 Å². The summed E-state index contributed by atoms with van der Waals surface area (Å²) in [4.78, 5) is 4.72. The van der Waals surface area contributed by atoms with Gasteiger partial charge < -0.3 is 9.80 Å². The third kappa shape index (κ3) is 3.02. The van der Waals surface area contributed by atoms with Crippen LogP contribution in [-0.4, -0.2) is 14.1 Å². The summed E-state index contributed by atoms with van der Waals surface area (Å²) in [7, 11) is 4.38. The number of fused-ring (bicyclic) bond motifs is 4. The van der Waals surface area contributed by atoms with E-state index in [2.05, 4.69) is 109 Å². The van der Waals surface area contributed by atoms with Gasteiger partial charge in [0, 0.05) is 44.1 Å². The average Bonchev–Trinajstić information content (AvgIpc) is 2.94. The van der Waals surface area contributed by atoms with Gasteiger partial charge in [-0.1, -0.05) is 60.7 Å². The lowest BCUT2D eigenvalue weighted by atomic mass is 9.92. The Hall–Kier alpha value is -3.52. The number of rotatable bonds is 1. The van der Waals surface area contributed by atoms with Crippen LogP contribution in [0.4, 0.5) is 17.1 Å². The second kappa shape index (κ2) is 7.02. The molecule has 0 amide bonds. The molecule has 2 aliphatic rings. The first-order valence-electron chi connectivity index (χ1n) is 11.0. The molecule has 6 rings (SSSR count). The fourth-order valence-corrected chi connectivity index (χ4v) is 5.23. The van der Waals surface area contributed by atoms with Crippen molar-refractivity contribution in [3.63, 3.8) is 0 Å². The van der Waals surface area contributed by atoms with Gasteiger partial charge in [0.15, 0.2) is 0 Å². The summed E-state index contributed by atoms with van der Waals surface area (Å²) in [5.41, 5.74) is 13.6. The van der Waals surface area contributed by atoms with E-state index in [1.807, 2.05) is 0 Å². The third-order valence-corrected chi connectivity index (χ3v) is 6.91. The summed E-state index contributed by atoms with van der Waals surface area (Å²) in [6.07, 6.45) is 1.99. The lowest BCUT2D eigenvalue weighted by molar-refractivity contribution is 0.926. The average molecular weight is 403 g/mol. The van der Waals surface area contributed by atoms with Crippen molar-refractivity contribution in [1.29, 1.82) is 0 Å². The Morgan fingerprint density at radius 3 is 2.00 bits per heavy atom. The zero-order chi connectivity index (χ0) is 20.9. The summed E-state index contributed by atoms with van der Waals surface area (Å²) in [5.74, 6) is 0. The maximum absolute atomic E-state index is 2.40. The van der Waals surface area contributed by atoms with Gasteiger partial charge in [0.1, 0.15) is 0 Å². The molecule has 2 heterocycles. The molecule has 0 unspecified atom stereocenters. The van der Waals surface area contributed by atoms with Crippen LogP contribution in [0.5, 0.6) is 0 Å². The van der Waals surface area contributed by atoms with E-state index in [0.717, 1.165) is 19.4 Å². The molecule has 0 fully saturated rings. The number of benzene rings is 4. The second-order valence-electron chi connectivity index (χ2n) is 8.85. The molecule has 0 N–H and O–H groups in total. The first kappa shape index (κ1) is 18.3. The first-order valence-corrected chi connectivity index (χ1v) is 11.0. The standard InChI is InChI=1S/C29H26N2/c1-30-19-25-9-4-3-7-20(25)15-24-12-11-22(18-29(24)30)21-13-14-28-26(16-21)17-23-8-5-6-10-27(23)31(28)2/h3-14,16,18H,15,17,19H2,1-2H3. The number of para-hydroxylation sites is 1. The summed E-state index contributed by atoms with van der Waals surface area (Å²) in [6.45, 7) is 0.957. The molecule has 4 aromatic rings. The number of hydrogen-bond donors (Lipinski definition) is 0. The monoisotopic (exact) mass is 402 g/mol. The van der Waals surface area contributed by atoms with Gasteiger partial charge >= 0.3 is 0 Å². The van der Waals surface area contributed by atoms with Crippen molar-refractivity contribution in [2.24, 2.45) is 0 Å². The Kier molecular flexibility index (Phi) is 4.14. The number of anilines is 3. The lowest BCUT2D eigenvalue weighted by Crippen LogP contribution is -2.18. The van der Waals surface area contributed by atoms with Crippen molar-refractivity contribution < 1.29 is 0 Å². The molecule has 0 bridgehead atoms. The highest BCUT2D eigenvalue weighted by Crippen LogP contribution is 2.40. The van der Waals surface area contributed by atoms with E-state index in [1.54, 1.807) is 0 Å². The molecular weight excluding hydrogens is 376 g/mol. The van der Waals surface area contributed by atoms with E-state index in [9.17, 15) is 0 Å². The molecule has 0 aliphatic carbocycles. The SMILES string of the molecule is CN1Cc2ccccc2Cc2ccc(-c3ccc4c(c3)Cc3ccccc3N4C)cc21. The molecule has 2 nitrogen and oxygen atoms in total. The van der Waals surface area contributed by atoms with Gasteiger partial charge in [0.25, 0.3) is 0 Å². The highest BCUT2D eigenvalue weighted by Gasteiger charge is 2.21. The van der Waals surface area contributed by atoms with Crippen LogP contribution in [0.25, 0.3) is 11.1 Å². The molecule has 31 heavy (non-hydrogen) atoms. The maximum Gasteiger partial charge on any atom is 0.0444 e. The van der Waals surface area contributed by atoms with E-state index in [4.69, 9.17) is 0 Å². The minimum absolute atomic E-state index is 0.957. The Morgan fingerprint density at radius 1 is 0.516 bits per heavy atom. The minimum atomic E-state index is 0.957. The molecule has 2 aliphatic heterocycles. The van der Waals surface area contributed by atoms with Crippen LogP contribution in [-0.2, 0) is 19.4 Å². The lowest BCUT2D eigenvalue weighted by Gasteiger charge is -2.30. The second-order valence-corrected chi connectivity index (χ2v) is 8.85. The highest BCUT2D eigenvalue weighted by atomic mass is 15.1. The topological polar surface area (TPSA) is 6.48 Å². The molecule has 0 saturated carbocycles. The van der Waals surface area contributed by atoms with E-state index in [-0.39, 0.29) is 0 Å². The quantitative estimate of drug-likeness (QED) is 0.355. The van der Waals surface area contributed by atoms with E-state index in [0.29, 0.717) is 0 Å². The summed E-state index contributed by atoms with van der Waals surface area (Å²) in [6, 6.07) is 31.5. The summed E-state index contributed by atoms with van der Waals surface area (Å²) >= 11 is 0. The van der Waals surface area contributed by atoms with Crippen molar-refractivity contribution in [3.05, 3.63) is 113 Å². The van der Waals surface area contributed by atoms with Crippen molar-refractivity contribution in [2.45, 2.75) is 19.4 Å². The Balaban J connectivity index is 1.39. The van der Waals surface area contributed by atoms with E-state index >= 15 is 0 Å². The van der Waals surface area contributed by atoms with Gasteiger partial charge in [-0.3, -0.25) is 0 Å². The van der Waals surface area contributed by atoms with Gasteiger partial charge in [0.2, 0.25) is 0 Å². The van der Waals surface area contributed by atoms with Crippen LogP contribution in [0.3, 0.4) is 0 Å². The van der Waals surface area contributed by atoms with Crippen molar-refractivity contribution in [1.82, 2.24) is 0 Å². The van der Waals surface area contributed by atoms with Crippen LogP contribution in [0.1, 0.15) is 27.8 Å². The van der Waals surface area contributed by atoms with E-state index in [1.165, 1.54) is 56.0 Å². The maximum atomic E-state index is 2.40. The fourth-order valence-electron chi connectivity index (χ4n) is 5.23. The van der Waals surface area contributed by atoms with Crippen LogP contribution in [0.15, 0.2) is 84.9 Å². The third-order valence-electron chi connectivity index (χ3n) is 6.91. The van der Waals surface area contributed by atoms with Gasteiger partial charge in [-0.05, 0) is 69.6 Å². The van der Waals surface area contributed by atoms with Crippen molar-refractivity contribution in [3.8, 4) is 11.1 Å². The largest absolute Gasteiger partial charge is 0.370 e. The molecule has 152 valence electrons. The summed E-state index contributed by atoms with van der Waals surface area (Å²) in [5, 5.41) is 0. The predicted molar refractivity (Wildman–Crippen MR) is 131 cm³/mol. The normalized spacial score (nSPS) is 14.3. The summed E-state index contributed by atoms with van der Waals surface area (Å²) < 4.78 is 0. The fraction of sp³-hybridized carbons (Fsp3) is 0.172. The molecule has 0 spiro atoms. The van der Waals surface area contributed by atoms with Crippen molar-refractivity contribution >= 4 is 17.1 Å². The first-order chi connectivity index (χ1) is 15.2. The minimum Gasteiger partial charge on any atom is -0.370 e. The number of hydrogen-bond acceptors (Lipinski definition) is 2. The van der Waals surface area contributed by atoms with Crippen LogP contribution in [0.2, 0.25) is 0 Å². The molecular formula is C29H26N2. The predicted octanol–water partition coefficient (Wildman–Crippen LogP) is 6.57. The molecule has 0 saturated heterocycles. The molecule has 0 aromatic heterocycles. The Morgan fingerprint density at radius 2 is 1.13 bits per heavy atom. The molecule has 0 radical (unpaired) electrons. The molecule has 0 atom stereocenters. The molecule has 4 aromatic carbocycles. The van der Waals surface area contributed by atoms with Crippen LogP contribution < -0.4 is 9.80 Å². The van der Waals surface area contributed by atoms with Gasteiger partial charge in [0.05, 0.1) is 0 Å². The van der Waals surface area contributed by atoms with Crippen LogP contribution in [0, 0.1) is 0 Å². The van der Waals surface area contributed by atoms with Crippen molar-refractivity contribution in [2.75, 3.05) is 23.9 Å². The van der Waals surface area contributed by atoms with Gasteiger partial charge in [-0.25, -0.2) is 0 Å². The smallest absolute Gasteiger partial charge is 0.0444 e. The number of nitrogens with zero attached hydrogens (tertiary/aromatic N) is 2. The van der Waals surface area contributed by atoms with Gasteiger partial charge in [-0.15, -0.1) is 0 Å². The zero-order valence-electron chi connectivity index (χ0n) is 18.1. The zero-order valence-corrected chi connectivity index (χ0v) is 18.1. The van der Waals surface area contributed by atoms with Gasteiger partial charge in [-0.2, -0.15) is 0 Å². The molecule has 2 heteroatoms. The Bertz CT molecular complexity index is 1300. The highest BCUT2D eigenvalue weighted by molar-refractivity contribution is 5.79. The van der Waals surface area contributed by atoms with E-state index < -0.39 is 0 Å².